The average Bonchev–Trinajstić information content (AvgIpc) is 2.51. The molecule has 3 rings (SSSR count). The fourth-order valence-electron chi connectivity index (χ4n) is 1.85. The number of carbonyl (C=O) groups is 1. The minimum Gasteiger partial charge on any atom is -0.478 e. The molecule has 0 unspecified atom stereocenters. The molecule has 24 heavy (non-hydrogen) atoms. The number of nitrogen functional groups attached to an aromatic ring is 1. The lowest BCUT2D eigenvalue weighted by Crippen LogP contribution is -2.21. The average molecular weight is 551 g/mol. The Morgan fingerprint density at radius 1 is 1.00 bits per heavy atom. The van der Waals surface area contributed by atoms with Crippen LogP contribution in [0, 0.1) is 7.14 Å². The number of aromatic amines is 2. The van der Waals surface area contributed by atoms with Crippen LogP contribution in [0.4, 0.5) is 5.69 Å². The Bertz CT molecular complexity index is 1030. The lowest BCUT2D eigenvalue weighted by Gasteiger charge is -1.99. The molecule has 0 saturated heterocycles. The van der Waals surface area contributed by atoms with Crippen LogP contribution in [0.2, 0.25) is 0 Å². The third-order valence-electron chi connectivity index (χ3n) is 2.95. The van der Waals surface area contributed by atoms with Crippen molar-refractivity contribution in [3.05, 3.63) is 69.9 Å². The number of nitrogens with two attached hydrogens (primary N) is 1. The summed E-state index contributed by atoms with van der Waals surface area (Å²) in [4.78, 5) is 37.4. The Morgan fingerprint density at radius 3 is 2.25 bits per heavy atom. The van der Waals surface area contributed by atoms with E-state index in [1.165, 1.54) is 6.07 Å². The zero-order chi connectivity index (χ0) is 17.9. The smallest absolute Gasteiger partial charge is 0.337 e. The molecule has 0 aliphatic carbocycles. The highest BCUT2D eigenvalue weighted by atomic mass is 127. The molecule has 0 spiro atoms. The minimum absolute atomic E-state index is 0.164. The number of aromatic carboxylic acids is 1. The molecular formula is C15H11I2N3O4. The van der Waals surface area contributed by atoms with Crippen LogP contribution in [-0.2, 0) is 0 Å². The third-order valence-corrected chi connectivity index (χ3v) is 4.29. The molecule has 0 fully saturated rings. The maximum atomic E-state index is 11.3. The van der Waals surface area contributed by atoms with Gasteiger partial charge in [-0.15, -0.1) is 0 Å². The van der Waals surface area contributed by atoms with E-state index in [0.29, 0.717) is 16.6 Å². The Hall–Kier alpha value is -1.89. The first kappa shape index (κ1) is 18.4. The molecule has 0 radical (unpaired) electrons. The molecule has 0 aliphatic rings. The van der Waals surface area contributed by atoms with Crippen LogP contribution < -0.4 is 17.0 Å². The minimum atomic E-state index is -0.985. The normalized spacial score (nSPS) is 10.1. The Kier molecular flexibility index (Phi) is 5.99. The quantitative estimate of drug-likeness (QED) is 0.273. The van der Waals surface area contributed by atoms with Gasteiger partial charge in [-0.1, -0.05) is 0 Å². The second-order valence-electron chi connectivity index (χ2n) is 4.63. The van der Waals surface area contributed by atoms with Gasteiger partial charge in [0.2, 0.25) is 0 Å². The number of carboxylic acid groups (broad SMARTS) is 1. The van der Waals surface area contributed by atoms with Crippen LogP contribution in [-0.4, -0.2) is 21.0 Å². The largest absolute Gasteiger partial charge is 0.478 e. The number of hydrogen-bond acceptors (Lipinski definition) is 4. The Morgan fingerprint density at radius 2 is 1.62 bits per heavy atom. The highest BCUT2D eigenvalue weighted by Gasteiger charge is 2.06. The summed E-state index contributed by atoms with van der Waals surface area (Å²) in [6.45, 7) is 0. The van der Waals surface area contributed by atoms with E-state index >= 15 is 0 Å². The molecule has 9 heteroatoms. The van der Waals surface area contributed by atoms with E-state index in [2.05, 4.69) is 32.6 Å². The van der Waals surface area contributed by atoms with Crippen molar-refractivity contribution in [1.82, 2.24) is 9.97 Å². The van der Waals surface area contributed by atoms with Gasteiger partial charge in [-0.05, 0) is 81.6 Å². The van der Waals surface area contributed by atoms with Crippen molar-refractivity contribution in [2.75, 3.05) is 5.73 Å². The molecule has 1 heterocycles. The number of nitrogens with one attached hydrogen (secondary N) is 2. The van der Waals surface area contributed by atoms with Gasteiger partial charge in [0.1, 0.15) is 0 Å². The molecule has 1 aromatic heterocycles. The molecule has 0 bridgehead atoms. The van der Waals surface area contributed by atoms with E-state index in [1.54, 1.807) is 24.3 Å². The fourth-order valence-corrected chi connectivity index (χ4v) is 2.83. The predicted molar refractivity (Wildman–Crippen MR) is 108 cm³/mol. The second-order valence-corrected chi connectivity index (χ2v) is 7.13. The number of hydrogen-bond donors (Lipinski definition) is 4. The van der Waals surface area contributed by atoms with Crippen molar-refractivity contribution in [2.45, 2.75) is 0 Å². The van der Waals surface area contributed by atoms with E-state index < -0.39 is 11.7 Å². The summed E-state index contributed by atoms with van der Waals surface area (Å²) in [5.74, 6) is -0.985. The van der Waals surface area contributed by atoms with Gasteiger partial charge in [0.05, 0.1) is 16.5 Å². The number of anilines is 1. The van der Waals surface area contributed by atoms with Crippen LogP contribution >= 0.6 is 45.2 Å². The summed E-state index contributed by atoms with van der Waals surface area (Å²) in [7, 11) is 0. The fraction of sp³-hybridized carbons (Fsp3) is 0. The van der Waals surface area contributed by atoms with Crippen LogP contribution in [0.1, 0.15) is 10.4 Å². The van der Waals surface area contributed by atoms with Gasteiger partial charge in [0, 0.05) is 12.8 Å². The molecule has 124 valence electrons. The molecule has 3 aromatic rings. The first-order valence-electron chi connectivity index (χ1n) is 6.48. The van der Waals surface area contributed by atoms with Crippen LogP contribution in [0.15, 0.2) is 46.0 Å². The summed E-state index contributed by atoms with van der Waals surface area (Å²) in [6, 6.07) is 10.2. The number of benzene rings is 2. The van der Waals surface area contributed by atoms with Crippen molar-refractivity contribution in [1.29, 1.82) is 0 Å². The number of halogens is 2. The van der Waals surface area contributed by atoms with Gasteiger partial charge in [0.15, 0.2) is 0 Å². The second kappa shape index (κ2) is 7.79. The molecule has 2 aromatic carbocycles. The standard InChI is InChI=1S/C8H5IN2O2.C7H6INO2/c9-4-1-2-6-5(3-4)7(12)11-8(13)10-6;8-4-1-2-6(9)5(3-4)7(10)11/h1-3H,(H2,10,11,12,13);1-3H,9H2,(H,10,11). The maximum Gasteiger partial charge on any atom is 0.337 e. The maximum absolute atomic E-state index is 11.3. The number of carboxylic acids is 1. The first-order chi connectivity index (χ1) is 11.3. The van der Waals surface area contributed by atoms with Crippen LogP contribution in [0.5, 0.6) is 0 Å². The van der Waals surface area contributed by atoms with E-state index in [1.807, 2.05) is 28.7 Å². The number of fused-ring (bicyclic) bond motifs is 1. The summed E-state index contributed by atoms with van der Waals surface area (Å²) in [5, 5.41) is 9.11. The molecule has 5 N–H and O–H groups in total. The van der Waals surface area contributed by atoms with Gasteiger partial charge in [-0.3, -0.25) is 9.78 Å². The number of aromatic nitrogens is 2. The van der Waals surface area contributed by atoms with Gasteiger partial charge in [0.25, 0.3) is 5.56 Å². The third kappa shape index (κ3) is 4.56. The molecule has 0 atom stereocenters. The Labute approximate surface area is 162 Å². The van der Waals surface area contributed by atoms with Gasteiger partial charge >= 0.3 is 11.7 Å². The highest BCUT2D eigenvalue weighted by molar-refractivity contribution is 14.1. The zero-order valence-corrected chi connectivity index (χ0v) is 16.3. The zero-order valence-electron chi connectivity index (χ0n) is 12.0. The van der Waals surface area contributed by atoms with E-state index in [4.69, 9.17) is 10.8 Å². The lowest BCUT2D eigenvalue weighted by molar-refractivity contribution is 0.0698. The topological polar surface area (TPSA) is 129 Å². The van der Waals surface area contributed by atoms with Crippen molar-refractivity contribution < 1.29 is 9.90 Å². The van der Waals surface area contributed by atoms with Crippen LogP contribution in [0.25, 0.3) is 10.9 Å². The van der Waals surface area contributed by atoms with Gasteiger partial charge < -0.3 is 15.8 Å². The summed E-state index contributed by atoms with van der Waals surface area (Å²) in [6.07, 6.45) is 0. The highest BCUT2D eigenvalue weighted by Crippen LogP contribution is 2.15. The predicted octanol–water partition coefficient (Wildman–Crippen LogP) is 2.39. The van der Waals surface area contributed by atoms with Crippen LogP contribution in [0.3, 0.4) is 0 Å². The first-order valence-corrected chi connectivity index (χ1v) is 8.64. The molecular weight excluding hydrogens is 540 g/mol. The van der Waals surface area contributed by atoms with Gasteiger partial charge in [-0.2, -0.15) is 0 Å². The van der Waals surface area contributed by atoms with E-state index in [-0.39, 0.29) is 11.1 Å². The van der Waals surface area contributed by atoms with E-state index in [0.717, 1.165) is 7.14 Å². The molecule has 0 aliphatic heterocycles. The Balaban J connectivity index is 0.000000177. The number of rotatable bonds is 1. The van der Waals surface area contributed by atoms with Crippen molar-refractivity contribution in [2.24, 2.45) is 0 Å². The van der Waals surface area contributed by atoms with E-state index in [9.17, 15) is 14.4 Å². The molecule has 0 saturated carbocycles. The SMILES string of the molecule is Nc1ccc(I)cc1C(=O)O.O=c1[nH]c(=O)c2cc(I)ccc2[nH]1. The monoisotopic (exact) mass is 551 g/mol. The summed E-state index contributed by atoms with van der Waals surface area (Å²) >= 11 is 4.14. The van der Waals surface area contributed by atoms with Crippen molar-refractivity contribution in [3.63, 3.8) is 0 Å². The van der Waals surface area contributed by atoms with Crippen molar-refractivity contribution in [3.8, 4) is 0 Å². The van der Waals surface area contributed by atoms with Crippen molar-refractivity contribution >= 4 is 67.7 Å². The summed E-state index contributed by atoms with van der Waals surface area (Å²) in [5.41, 5.74) is 5.61. The molecule has 7 nitrogen and oxygen atoms in total. The summed E-state index contributed by atoms with van der Waals surface area (Å²) < 4.78 is 1.83. The number of H-pyrrole nitrogens is 2. The van der Waals surface area contributed by atoms with Gasteiger partial charge in [-0.25, -0.2) is 9.59 Å². The molecule has 0 amide bonds. The lowest BCUT2D eigenvalue weighted by atomic mass is 10.2.